The first-order valence-corrected chi connectivity index (χ1v) is 10.6. The summed E-state index contributed by atoms with van der Waals surface area (Å²) >= 11 is -0.342. The Kier molecular flexibility index (Phi) is 5.84. The zero-order valence-electron chi connectivity index (χ0n) is 17.7. The summed E-state index contributed by atoms with van der Waals surface area (Å²) in [6.45, 7) is 3.34. The number of nitrogens with zero attached hydrogens (tertiary/aromatic N) is 3. The van der Waals surface area contributed by atoms with Crippen molar-refractivity contribution < 1.29 is 22.3 Å². The van der Waals surface area contributed by atoms with E-state index in [4.69, 9.17) is 13.7 Å². The van der Waals surface area contributed by atoms with Crippen LogP contribution in [0.1, 0.15) is 37.0 Å². The maximum atomic E-state index is 13.0. The number of nitriles is 1. The van der Waals surface area contributed by atoms with Gasteiger partial charge in [-0.2, -0.15) is 5.26 Å². The number of imidazole rings is 1. The van der Waals surface area contributed by atoms with E-state index in [-0.39, 0.29) is 41.4 Å². The van der Waals surface area contributed by atoms with Crippen molar-refractivity contribution in [2.75, 3.05) is 7.11 Å². The van der Waals surface area contributed by atoms with Crippen LogP contribution in [0, 0.1) is 11.3 Å². The fourth-order valence-corrected chi connectivity index (χ4v) is 3.46. The number of methoxy groups -OCH3 is 1. The summed E-state index contributed by atoms with van der Waals surface area (Å²) in [5.41, 5.74) is 1.04. The summed E-state index contributed by atoms with van der Waals surface area (Å²) < 4.78 is 31.0. The molecule has 10 heteroatoms. The standard InChI is InChI=1S/C22H21FN4O4S/c1-22(2,12-24)30-15-6-7-27-16(11-25-19(27)10-15)13-8-17(29-3)20(18(9-13)31-32-23)21(28)26-14-4-5-14/h6-11,14H,4-5H2,1-3H3,(H,26,28). The van der Waals surface area contributed by atoms with Crippen LogP contribution in [-0.2, 0) is 0 Å². The molecule has 4 rings (SSSR count). The second-order valence-electron chi connectivity index (χ2n) is 7.90. The lowest BCUT2D eigenvalue weighted by Crippen LogP contribution is -2.26. The van der Waals surface area contributed by atoms with Crippen LogP contribution >= 0.6 is 12.4 Å². The first-order chi connectivity index (χ1) is 15.3. The van der Waals surface area contributed by atoms with E-state index in [2.05, 4.69) is 16.4 Å². The quantitative estimate of drug-likeness (QED) is 0.499. The van der Waals surface area contributed by atoms with Crippen molar-refractivity contribution in [2.24, 2.45) is 0 Å². The van der Waals surface area contributed by atoms with Gasteiger partial charge in [0.1, 0.15) is 28.8 Å². The second kappa shape index (κ2) is 8.59. The number of aromatic nitrogens is 2. The molecule has 0 saturated heterocycles. The number of halogens is 1. The highest BCUT2D eigenvalue weighted by Gasteiger charge is 2.28. The Morgan fingerprint density at radius 1 is 1.34 bits per heavy atom. The van der Waals surface area contributed by atoms with Gasteiger partial charge in [0.15, 0.2) is 11.4 Å². The molecule has 0 bridgehead atoms. The van der Waals surface area contributed by atoms with Crippen LogP contribution in [0.15, 0.2) is 36.7 Å². The van der Waals surface area contributed by atoms with Crippen molar-refractivity contribution in [3.8, 4) is 34.6 Å². The van der Waals surface area contributed by atoms with Crippen molar-refractivity contribution in [3.63, 3.8) is 0 Å². The molecule has 1 aliphatic rings. The molecule has 0 aliphatic heterocycles. The van der Waals surface area contributed by atoms with E-state index in [0.29, 0.717) is 22.7 Å². The van der Waals surface area contributed by atoms with Crippen LogP contribution in [0.25, 0.3) is 16.9 Å². The maximum absolute atomic E-state index is 13.0. The van der Waals surface area contributed by atoms with Crippen molar-refractivity contribution in [1.29, 1.82) is 5.26 Å². The van der Waals surface area contributed by atoms with Crippen molar-refractivity contribution in [1.82, 2.24) is 14.7 Å². The average Bonchev–Trinajstić information content (AvgIpc) is 3.48. The molecular formula is C22H21FN4O4S. The zero-order valence-corrected chi connectivity index (χ0v) is 18.5. The molecule has 8 nitrogen and oxygen atoms in total. The Morgan fingerprint density at radius 2 is 2.09 bits per heavy atom. The van der Waals surface area contributed by atoms with Crippen LogP contribution in [0.5, 0.6) is 17.2 Å². The summed E-state index contributed by atoms with van der Waals surface area (Å²) in [4.78, 5) is 17.1. The van der Waals surface area contributed by atoms with Gasteiger partial charge in [0.25, 0.3) is 18.3 Å². The number of fused-ring (bicyclic) bond motifs is 1. The fraction of sp³-hybridized carbons (Fsp3) is 0.318. The number of carbonyl (C=O) groups is 1. The molecule has 0 unspecified atom stereocenters. The predicted molar refractivity (Wildman–Crippen MR) is 117 cm³/mol. The van der Waals surface area contributed by atoms with Crippen LogP contribution in [0.3, 0.4) is 0 Å². The van der Waals surface area contributed by atoms with E-state index in [0.717, 1.165) is 12.8 Å². The molecule has 166 valence electrons. The topological polar surface area (TPSA) is 97.9 Å². The second-order valence-corrected chi connectivity index (χ2v) is 8.20. The highest BCUT2D eigenvalue weighted by molar-refractivity contribution is 7.89. The normalized spacial score (nSPS) is 13.5. The Bertz CT molecular complexity index is 1220. The number of hydrogen-bond acceptors (Lipinski definition) is 7. The number of amides is 1. The van der Waals surface area contributed by atoms with Gasteiger partial charge in [0.2, 0.25) is 0 Å². The molecule has 1 amide bonds. The molecule has 0 radical (unpaired) electrons. The number of rotatable bonds is 8. The van der Waals surface area contributed by atoms with E-state index in [1.54, 1.807) is 54.9 Å². The number of hydrogen-bond donors (Lipinski definition) is 1. The maximum Gasteiger partial charge on any atom is 0.272 e. The van der Waals surface area contributed by atoms with Crippen LogP contribution in [0.4, 0.5) is 3.89 Å². The largest absolute Gasteiger partial charge is 0.496 e. The van der Waals surface area contributed by atoms with Gasteiger partial charge >= 0.3 is 0 Å². The number of ether oxygens (including phenoxy) is 2. The predicted octanol–water partition coefficient (Wildman–Crippen LogP) is 4.49. The summed E-state index contributed by atoms with van der Waals surface area (Å²) in [6.07, 6.45) is 5.23. The van der Waals surface area contributed by atoms with Gasteiger partial charge < -0.3 is 19.0 Å². The van der Waals surface area contributed by atoms with Gasteiger partial charge in [-0.15, -0.1) is 3.89 Å². The van der Waals surface area contributed by atoms with Gasteiger partial charge in [-0.25, -0.2) is 4.98 Å². The van der Waals surface area contributed by atoms with Gasteiger partial charge in [-0.1, -0.05) is 0 Å². The lowest BCUT2D eigenvalue weighted by molar-refractivity contribution is 0.0946. The molecule has 32 heavy (non-hydrogen) atoms. The molecule has 1 N–H and O–H groups in total. The average molecular weight is 456 g/mol. The van der Waals surface area contributed by atoms with E-state index in [1.807, 2.05) is 0 Å². The number of benzene rings is 1. The molecule has 1 aromatic carbocycles. The molecule has 0 spiro atoms. The molecular weight excluding hydrogens is 435 g/mol. The first-order valence-electron chi connectivity index (χ1n) is 9.91. The van der Waals surface area contributed by atoms with Gasteiger partial charge in [0.05, 0.1) is 19.0 Å². The molecule has 1 aliphatic carbocycles. The highest BCUT2D eigenvalue weighted by Crippen LogP contribution is 2.38. The summed E-state index contributed by atoms with van der Waals surface area (Å²) in [7, 11) is 1.44. The molecule has 2 heterocycles. The third-order valence-electron chi connectivity index (χ3n) is 4.97. The van der Waals surface area contributed by atoms with Crippen LogP contribution < -0.4 is 19.0 Å². The van der Waals surface area contributed by atoms with Crippen molar-refractivity contribution in [3.05, 3.63) is 42.2 Å². The zero-order chi connectivity index (χ0) is 22.9. The number of pyridine rings is 1. The Balaban J connectivity index is 1.74. The molecule has 0 atom stereocenters. The number of nitrogens with one attached hydrogen (secondary N) is 1. The van der Waals surface area contributed by atoms with Gasteiger partial charge in [0, 0.05) is 23.9 Å². The fourth-order valence-electron chi connectivity index (χ4n) is 3.26. The van der Waals surface area contributed by atoms with Crippen molar-refractivity contribution in [2.45, 2.75) is 38.3 Å². The van der Waals surface area contributed by atoms with E-state index in [1.165, 1.54) is 7.11 Å². The molecule has 1 saturated carbocycles. The Hall–Kier alpha value is -3.45. The monoisotopic (exact) mass is 456 g/mol. The molecule has 2 aromatic heterocycles. The minimum Gasteiger partial charge on any atom is -0.496 e. The van der Waals surface area contributed by atoms with Gasteiger partial charge in [-0.05, 0) is 44.9 Å². The minimum atomic E-state index is -0.978. The van der Waals surface area contributed by atoms with Crippen molar-refractivity contribution >= 4 is 24.0 Å². The lowest BCUT2D eigenvalue weighted by Gasteiger charge is -2.18. The minimum absolute atomic E-state index is 0.0515. The van der Waals surface area contributed by atoms with Crippen LogP contribution in [0.2, 0.25) is 0 Å². The summed E-state index contributed by atoms with van der Waals surface area (Å²) in [6, 6.07) is 8.91. The summed E-state index contributed by atoms with van der Waals surface area (Å²) in [5.74, 6) is 0.440. The molecule has 3 aromatic rings. The number of carbonyl (C=O) groups excluding carboxylic acids is 1. The van der Waals surface area contributed by atoms with Gasteiger partial charge in [-0.3, -0.25) is 9.20 Å². The third kappa shape index (κ3) is 4.43. The highest BCUT2D eigenvalue weighted by atomic mass is 32.2. The molecule has 1 fully saturated rings. The summed E-state index contributed by atoms with van der Waals surface area (Å²) in [5, 5.41) is 12.0. The van der Waals surface area contributed by atoms with E-state index < -0.39 is 5.60 Å². The Morgan fingerprint density at radius 3 is 2.75 bits per heavy atom. The van der Waals surface area contributed by atoms with E-state index >= 15 is 0 Å². The first kappa shape index (κ1) is 21.8. The Labute approximate surface area is 188 Å². The smallest absolute Gasteiger partial charge is 0.272 e. The third-order valence-corrected chi connectivity index (χ3v) is 5.21. The van der Waals surface area contributed by atoms with Crippen LogP contribution in [-0.4, -0.2) is 34.0 Å². The lowest BCUT2D eigenvalue weighted by atomic mass is 10.1. The SMILES string of the molecule is COc1cc(-c2cnc3cc(OC(C)(C)C#N)ccn23)cc(OSF)c1C(=O)NC1CC1. The van der Waals surface area contributed by atoms with E-state index in [9.17, 15) is 13.9 Å².